The van der Waals surface area contributed by atoms with Crippen LogP contribution >= 0.6 is 22.7 Å². The number of nitrogens with zero attached hydrogens (tertiary/aromatic N) is 4. The second-order valence-electron chi connectivity index (χ2n) is 7.59. The number of benzene rings is 1. The molecule has 1 saturated heterocycles. The first-order chi connectivity index (χ1) is 15.6. The van der Waals surface area contributed by atoms with E-state index in [2.05, 4.69) is 21.3 Å². The number of anilines is 1. The summed E-state index contributed by atoms with van der Waals surface area (Å²) >= 11 is 2.89. The average Bonchev–Trinajstić information content (AvgIpc) is 3.47. The first-order valence-electron chi connectivity index (χ1n) is 10.3. The van der Waals surface area contributed by atoms with E-state index in [4.69, 9.17) is 5.26 Å². The van der Waals surface area contributed by atoms with E-state index in [1.165, 1.54) is 16.9 Å². The van der Waals surface area contributed by atoms with Gasteiger partial charge in [0.25, 0.3) is 0 Å². The maximum Gasteiger partial charge on any atom is 0.231 e. The van der Waals surface area contributed by atoms with E-state index < -0.39 is 0 Å². The fraction of sp³-hybridized carbons (Fsp3) is 0.304. The van der Waals surface area contributed by atoms with Crippen molar-refractivity contribution in [2.75, 3.05) is 31.5 Å². The molecule has 2 aromatic heterocycles. The van der Waals surface area contributed by atoms with Crippen LogP contribution in [-0.4, -0.2) is 52.8 Å². The Hall–Kier alpha value is -3.06. The molecule has 1 fully saturated rings. The summed E-state index contributed by atoms with van der Waals surface area (Å²) in [5, 5.41) is 16.0. The van der Waals surface area contributed by atoms with Gasteiger partial charge in [0.05, 0.1) is 30.2 Å². The molecule has 1 aliphatic rings. The molecule has 0 spiro atoms. The predicted molar refractivity (Wildman–Crippen MR) is 125 cm³/mol. The Morgan fingerprint density at radius 1 is 1.06 bits per heavy atom. The number of nitriles is 1. The molecule has 32 heavy (non-hydrogen) atoms. The first-order valence-corrected chi connectivity index (χ1v) is 12.1. The fourth-order valence-electron chi connectivity index (χ4n) is 3.55. The summed E-state index contributed by atoms with van der Waals surface area (Å²) in [5.41, 5.74) is 2.52. The lowest BCUT2D eigenvalue weighted by molar-refractivity contribution is -0.132. The monoisotopic (exact) mass is 465 g/mol. The zero-order valence-electron chi connectivity index (χ0n) is 17.5. The summed E-state index contributed by atoms with van der Waals surface area (Å²) in [6.07, 6.45) is 0.575. The van der Waals surface area contributed by atoms with Crippen molar-refractivity contribution in [1.29, 1.82) is 5.26 Å². The smallest absolute Gasteiger partial charge is 0.231 e. The summed E-state index contributed by atoms with van der Waals surface area (Å²) < 4.78 is 0. The molecular formula is C23H23N5O2S2. The van der Waals surface area contributed by atoms with Crippen molar-refractivity contribution < 1.29 is 9.59 Å². The maximum atomic E-state index is 12.7. The topological polar surface area (TPSA) is 89.3 Å². The number of piperazine rings is 1. The van der Waals surface area contributed by atoms with Crippen LogP contribution in [0.25, 0.3) is 0 Å². The van der Waals surface area contributed by atoms with Gasteiger partial charge in [-0.2, -0.15) is 5.26 Å². The van der Waals surface area contributed by atoms with Crippen molar-refractivity contribution in [3.05, 3.63) is 68.9 Å². The van der Waals surface area contributed by atoms with Crippen molar-refractivity contribution in [3.63, 3.8) is 0 Å². The normalized spacial score (nSPS) is 14.2. The Bertz CT molecular complexity index is 1090. The molecule has 0 unspecified atom stereocenters. The molecule has 0 atom stereocenters. The quantitative estimate of drug-likeness (QED) is 0.579. The molecule has 9 heteroatoms. The highest BCUT2D eigenvalue weighted by Gasteiger charge is 2.22. The highest BCUT2D eigenvalue weighted by atomic mass is 32.1. The average molecular weight is 466 g/mol. The molecule has 0 saturated carbocycles. The van der Waals surface area contributed by atoms with Gasteiger partial charge in [-0.1, -0.05) is 18.2 Å². The first kappa shape index (κ1) is 22.1. The number of hydrogen-bond donors (Lipinski definition) is 1. The predicted octanol–water partition coefficient (Wildman–Crippen LogP) is 3.14. The maximum absolute atomic E-state index is 12.7. The number of carbonyl (C=O) groups excluding carboxylic acids is 2. The minimum Gasteiger partial charge on any atom is -0.340 e. The van der Waals surface area contributed by atoms with Gasteiger partial charge in [0, 0.05) is 43.0 Å². The Kier molecular flexibility index (Phi) is 7.27. The Labute approximate surface area is 194 Å². The Balaban J connectivity index is 1.22. The van der Waals surface area contributed by atoms with Crippen LogP contribution in [0.15, 0.2) is 47.2 Å². The van der Waals surface area contributed by atoms with Crippen LogP contribution in [-0.2, 0) is 29.0 Å². The van der Waals surface area contributed by atoms with E-state index in [1.807, 2.05) is 52.1 Å². The van der Waals surface area contributed by atoms with Crippen LogP contribution in [0, 0.1) is 11.3 Å². The molecule has 3 aromatic rings. The van der Waals surface area contributed by atoms with Crippen molar-refractivity contribution >= 4 is 39.6 Å². The molecule has 4 rings (SSSR count). The van der Waals surface area contributed by atoms with Gasteiger partial charge in [0.2, 0.25) is 11.8 Å². The lowest BCUT2D eigenvalue weighted by Crippen LogP contribution is -2.48. The third-order valence-electron chi connectivity index (χ3n) is 5.26. The zero-order chi connectivity index (χ0) is 22.3. The number of thiophene rings is 1. The number of rotatable bonds is 7. The third-order valence-corrected chi connectivity index (χ3v) is 6.94. The van der Waals surface area contributed by atoms with Crippen LogP contribution < -0.4 is 5.32 Å². The van der Waals surface area contributed by atoms with Crippen LogP contribution in [0.2, 0.25) is 0 Å². The lowest BCUT2D eigenvalue weighted by Gasteiger charge is -2.34. The molecule has 1 aromatic carbocycles. The molecule has 0 radical (unpaired) electrons. The number of carbonyl (C=O) groups is 2. The minimum atomic E-state index is -0.0990. The second-order valence-corrected chi connectivity index (χ2v) is 9.48. The molecule has 164 valence electrons. The molecule has 1 N–H and O–H groups in total. The van der Waals surface area contributed by atoms with E-state index in [0.717, 1.165) is 24.5 Å². The molecule has 3 heterocycles. The van der Waals surface area contributed by atoms with Gasteiger partial charge >= 0.3 is 0 Å². The number of nitrogens with one attached hydrogen (secondary N) is 1. The van der Waals surface area contributed by atoms with Gasteiger partial charge in [-0.15, -0.1) is 22.7 Å². The van der Waals surface area contributed by atoms with E-state index in [0.29, 0.717) is 35.9 Å². The highest BCUT2D eigenvalue weighted by molar-refractivity contribution is 7.14. The number of amides is 2. The van der Waals surface area contributed by atoms with Crippen molar-refractivity contribution in [1.82, 2.24) is 14.8 Å². The van der Waals surface area contributed by atoms with Gasteiger partial charge in [0.15, 0.2) is 5.13 Å². The Morgan fingerprint density at radius 2 is 1.84 bits per heavy atom. The second kappa shape index (κ2) is 10.5. The van der Waals surface area contributed by atoms with Crippen molar-refractivity contribution in [2.24, 2.45) is 0 Å². The minimum absolute atomic E-state index is 0.0600. The van der Waals surface area contributed by atoms with Gasteiger partial charge in [-0.05, 0) is 29.1 Å². The zero-order valence-corrected chi connectivity index (χ0v) is 19.1. The SMILES string of the molecule is N#Cc1ccc(CN2CCN(C(=O)Cc3csc(NC(=O)Cc4cccs4)n3)CC2)cc1. The summed E-state index contributed by atoms with van der Waals surface area (Å²) in [4.78, 5) is 34.4. The lowest BCUT2D eigenvalue weighted by atomic mass is 10.1. The molecule has 1 aliphatic heterocycles. The van der Waals surface area contributed by atoms with E-state index in [9.17, 15) is 9.59 Å². The molecule has 0 aliphatic carbocycles. The van der Waals surface area contributed by atoms with Crippen LogP contribution in [0.5, 0.6) is 0 Å². The van der Waals surface area contributed by atoms with E-state index >= 15 is 0 Å². The van der Waals surface area contributed by atoms with Crippen LogP contribution in [0.3, 0.4) is 0 Å². The summed E-state index contributed by atoms with van der Waals surface area (Å²) in [7, 11) is 0. The summed E-state index contributed by atoms with van der Waals surface area (Å²) in [6, 6.07) is 13.6. The number of aromatic nitrogens is 1. The van der Waals surface area contributed by atoms with Gasteiger partial charge in [-0.3, -0.25) is 14.5 Å². The van der Waals surface area contributed by atoms with Gasteiger partial charge in [0.1, 0.15) is 0 Å². The van der Waals surface area contributed by atoms with Crippen molar-refractivity contribution in [3.8, 4) is 6.07 Å². The highest BCUT2D eigenvalue weighted by Crippen LogP contribution is 2.18. The fourth-order valence-corrected chi connectivity index (χ4v) is 4.98. The summed E-state index contributed by atoms with van der Waals surface area (Å²) in [5.74, 6) is -0.0390. The largest absolute Gasteiger partial charge is 0.340 e. The van der Waals surface area contributed by atoms with E-state index in [1.54, 1.807) is 11.3 Å². The standard InChI is InChI=1S/C23H23N5O2S2/c24-14-17-3-5-18(6-4-17)15-27-7-9-28(10-8-27)22(30)12-19-16-32-23(25-19)26-21(29)13-20-2-1-11-31-20/h1-6,11,16H,7-10,12-13,15H2,(H,25,26,29). The molecule has 0 bridgehead atoms. The number of hydrogen-bond acceptors (Lipinski definition) is 7. The molecule has 2 amide bonds. The van der Waals surface area contributed by atoms with Gasteiger partial charge < -0.3 is 10.2 Å². The Morgan fingerprint density at radius 3 is 2.53 bits per heavy atom. The number of thiazole rings is 1. The molecule has 7 nitrogen and oxygen atoms in total. The summed E-state index contributed by atoms with van der Waals surface area (Å²) in [6.45, 7) is 3.81. The third kappa shape index (κ3) is 6.01. The van der Waals surface area contributed by atoms with E-state index in [-0.39, 0.29) is 18.2 Å². The van der Waals surface area contributed by atoms with Crippen LogP contribution in [0.1, 0.15) is 21.7 Å². The molecular weight excluding hydrogens is 442 g/mol. The van der Waals surface area contributed by atoms with Crippen LogP contribution in [0.4, 0.5) is 5.13 Å². The van der Waals surface area contributed by atoms with Crippen molar-refractivity contribution in [2.45, 2.75) is 19.4 Å². The van der Waals surface area contributed by atoms with Gasteiger partial charge in [-0.25, -0.2) is 4.98 Å².